The van der Waals surface area contributed by atoms with Crippen molar-refractivity contribution in [3.05, 3.63) is 11.3 Å². The third-order valence-corrected chi connectivity index (χ3v) is 3.66. The molecule has 0 bridgehead atoms. The maximum absolute atomic E-state index is 12.0. The molecular formula is C9H16F2N4O2S. The second kappa shape index (κ2) is 6.21. The largest absolute Gasteiger partial charge is 0.313 e. The molecule has 1 rings (SSSR count). The summed E-state index contributed by atoms with van der Waals surface area (Å²) in [6.07, 6.45) is -2.74. The number of aryl methyl sites for hydroxylation is 1. The molecule has 3 N–H and O–H groups in total. The summed E-state index contributed by atoms with van der Waals surface area (Å²) in [6.45, 7) is 3.59. The summed E-state index contributed by atoms with van der Waals surface area (Å²) in [5, 5.41) is 8.93. The fourth-order valence-corrected chi connectivity index (χ4v) is 2.55. The Morgan fingerprint density at radius 3 is 2.67 bits per heavy atom. The summed E-state index contributed by atoms with van der Waals surface area (Å²) in [6, 6.07) is 0. The summed E-state index contributed by atoms with van der Waals surface area (Å²) in [5.41, 5.74) is 1.05. The molecule has 1 heterocycles. The molecule has 0 atom stereocenters. The molecule has 6 nitrogen and oxygen atoms in total. The minimum atomic E-state index is -4.01. The van der Waals surface area contributed by atoms with Crippen LogP contribution in [0.15, 0.2) is 5.03 Å². The van der Waals surface area contributed by atoms with Crippen molar-refractivity contribution in [1.29, 1.82) is 0 Å². The lowest BCUT2D eigenvalue weighted by molar-refractivity contribution is 0.153. The molecule has 0 spiro atoms. The van der Waals surface area contributed by atoms with Crippen molar-refractivity contribution >= 4 is 10.0 Å². The molecular weight excluding hydrogens is 266 g/mol. The van der Waals surface area contributed by atoms with Crippen molar-refractivity contribution < 1.29 is 17.2 Å². The van der Waals surface area contributed by atoms with Gasteiger partial charge in [0.1, 0.15) is 0 Å². The van der Waals surface area contributed by atoms with E-state index < -0.39 is 23.0 Å². The van der Waals surface area contributed by atoms with Crippen LogP contribution in [0.25, 0.3) is 0 Å². The highest BCUT2D eigenvalue weighted by Crippen LogP contribution is 2.15. The van der Waals surface area contributed by atoms with Crippen molar-refractivity contribution in [3.8, 4) is 0 Å². The SMILES string of the molecule is CCNCc1c(S(=O)(=O)NCC(F)F)n[nH]c1C. The highest BCUT2D eigenvalue weighted by atomic mass is 32.2. The molecule has 0 radical (unpaired) electrons. The van der Waals surface area contributed by atoms with Crippen LogP contribution in [-0.4, -0.2) is 38.1 Å². The summed E-state index contributed by atoms with van der Waals surface area (Å²) in [4.78, 5) is 0. The van der Waals surface area contributed by atoms with Crippen LogP contribution in [0.3, 0.4) is 0 Å². The fourth-order valence-electron chi connectivity index (χ4n) is 1.35. The van der Waals surface area contributed by atoms with E-state index >= 15 is 0 Å². The van der Waals surface area contributed by atoms with E-state index in [1.165, 1.54) is 0 Å². The zero-order chi connectivity index (χ0) is 13.8. The molecule has 1 aromatic rings. The number of aromatic nitrogens is 2. The Bertz CT molecular complexity index is 487. The van der Waals surface area contributed by atoms with Crippen molar-refractivity contribution in [1.82, 2.24) is 20.2 Å². The third-order valence-electron chi connectivity index (χ3n) is 2.27. The first-order chi connectivity index (χ1) is 8.38. The summed E-state index contributed by atoms with van der Waals surface area (Å²) in [7, 11) is -4.01. The van der Waals surface area contributed by atoms with E-state index in [1.54, 1.807) is 6.92 Å². The number of nitrogens with one attached hydrogen (secondary N) is 3. The van der Waals surface area contributed by atoms with Crippen LogP contribution < -0.4 is 10.0 Å². The zero-order valence-corrected chi connectivity index (χ0v) is 10.9. The quantitative estimate of drug-likeness (QED) is 0.674. The number of hydrogen-bond acceptors (Lipinski definition) is 4. The van der Waals surface area contributed by atoms with Crippen molar-refractivity contribution in [2.45, 2.75) is 31.8 Å². The minimum absolute atomic E-state index is 0.235. The zero-order valence-electron chi connectivity index (χ0n) is 10.1. The number of alkyl halides is 2. The number of aromatic amines is 1. The van der Waals surface area contributed by atoms with Crippen LogP contribution in [0.5, 0.6) is 0 Å². The van der Waals surface area contributed by atoms with Gasteiger partial charge in [-0.1, -0.05) is 6.92 Å². The average Bonchev–Trinajstić information content (AvgIpc) is 2.66. The van der Waals surface area contributed by atoms with E-state index in [-0.39, 0.29) is 5.03 Å². The van der Waals surface area contributed by atoms with Gasteiger partial charge in [0.15, 0.2) is 5.03 Å². The summed E-state index contributed by atoms with van der Waals surface area (Å²) < 4.78 is 49.4. The second-order valence-corrected chi connectivity index (χ2v) is 5.34. The standard InChI is InChI=1S/C9H16F2N4O2S/c1-3-12-4-7-6(2)14-15-9(7)18(16,17)13-5-8(10)11/h8,12-13H,3-5H2,1-2H3,(H,14,15). The fraction of sp³-hybridized carbons (Fsp3) is 0.667. The Morgan fingerprint density at radius 2 is 2.11 bits per heavy atom. The molecule has 18 heavy (non-hydrogen) atoms. The van der Waals surface area contributed by atoms with Gasteiger partial charge < -0.3 is 5.32 Å². The minimum Gasteiger partial charge on any atom is -0.313 e. The maximum Gasteiger partial charge on any atom is 0.260 e. The van der Waals surface area contributed by atoms with Crippen molar-refractivity contribution in [2.75, 3.05) is 13.1 Å². The molecule has 0 aliphatic heterocycles. The topological polar surface area (TPSA) is 86.9 Å². The van der Waals surface area contributed by atoms with Gasteiger partial charge in [0.2, 0.25) is 0 Å². The lowest BCUT2D eigenvalue weighted by Crippen LogP contribution is -2.30. The van der Waals surface area contributed by atoms with Crippen LogP contribution in [0.2, 0.25) is 0 Å². The number of halogens is 2. The first-order valence-electron chi connectivity index (χ1n) is 5.40. The van der Waals surface area contributed by atoms with Gasteiger partial charge in [0, 0.05) is 17.8 Å². The third kappa shape index (κ3) is 3.72. The Balaban J connectivity index is 2.94. The first-order valence-corrected chi connectivity index (χ1v) is 6.89. The van der Waals surface area contributed by atoms with Crippen LogP contribution in [0.4, 0.5) is 8.78 Å². The van der Waals surface area contributed by atoms with E-state index in [4.69, 9.17) is 0 Å². The molecule has 1 aromatic heterocycles. The molecule has 0 aromatic carbocycles. The van der Waals surface area contributed by atoms with Gasteiger partial charge in [-0.25, -0.2) is 21.9 Å². The Labute approximate surface area is 104 Å². The molecule has 0 saturated carbocycles. The highest BCUT2D eigenvalue weighted by Gasteiger charge is 2.24. The van der Waals surface area contributed by atoms with E-state index in [0.29, 0.717) is 24.3 Å². The number of nitrogens with zero attached hydrogens (tertiary/aromatic N) is 1. The number of hydrogen-bond donors (Lipinski definition) is 3. The van der Waals surface area contributed by atoms with Gasteiger partial charge in [0.25, 0.3) is 16.4 Å². The van der Waals surface area contributed by atoms with Crippen LogP contribution in [-0.2, 0) is 16.6 Å². The van der Waals surface area contributed by atoms with Gasteiger partial charge in [-0.05, 0) is 13.5 Å². The van der Waals surface area contributed by atoms with E-state index in [2.05, 4.69) is 15.5 Å². The summed E-state index contributed by atoms with van der Waals surface area (Å²) in [5.74, 6) is 0. The normalized spacial score (nSPS) is 12.3. The van der Waals surface area contributed by atoms with Gasteiger partial charge in [0.05, 0.1) is 6.54 Å². The van der Waals surface area contributed by atoms with E-state index in [1.807, 2.05) is 11.6 Å². The molecule has 0 aliphatic rings. The molecule has 104 valence electrons. The van der Waals surface area contributed by atoms with E-state index in [0.717, 1.165) is 0 Å². The van der Waals surface area contributed by atoms with Gasteiger partial charge in [-0.15, -0.1) is 0 Å². The lowest BCUT2D eigenvalue weighted by atomic mass is 10.2. The number of H-pyrrole nitrogens is 1. The number of sulfonamides is 1. The smallest absolute Gasteiger partial charge is 0.260 e. The predicted octanol–water partition coefficient (Wildman–Crippen LogP) is 0.371. The first kappa shape index (κ1) is 15.0. The molecule has 0 aliphatic carbocycles. The monoisotopic (exact) mass is 282 g/mol. The summed E-state index contributed by atoms with van der Waals surface area (Å²) >= 11 is 0. The Morgan fingerprint density at radius 1 is 1.44 bits per heavy atom. The van der Waals surface area contributed by atoms with Crippen LogP contribution >= 0.6 is 0 Å². The Kier molecular flexibility index (Phi) is 5.17. The lowest BCUT2D eigenvalue weighted by Gasteiger charge is -2.07. The molecule has 0 fully saturated rings. The van der Waals surface area contributed by atoms with Gasteiger partial charge in [-0.3, -0.25) is 5.10 Å². The Hall–Kier alpha value is -1.06. The highest BCUT2D eigenvalue weighted by molar-refractivity contribution is 7.89. The van der Waals surface area contributed by atoms with Crippen molar-refractivity contribution in [2.24, 2.45) is 0 Å². The average molecular weight is 282 g/mol. The van der Waals surface area contributed by atoms with Crippen molar-refractivity contribution in [3.63, 3.8) is 0 Å². The molecule has 0 amide bonds. The van der Waals surface area contributed by atoms with E-state index in [9.17, 15) is 17.2 Å². The maximum atomic E-state index is 12.0. The van der Waals surface area contributed by atoms with Crippen LogP contribution in [0, 0.1) is 6.92 Å². The molecule has 0 saturated heterocycles. The van der Waals surface area contributed by atoms with Gasteiger partial charge >= 0.3 is 0 Å². The predicted molar refractivity (Wildman–Crippen MR) is 61.9 cm³/mol. The molecule has 9 heteroatoms. The van der Waals surface area contributed by atoms with Gasteiger partial charge in [-0.2, -0.15) is 5.10 Å². The second-order valence-electron chi connectivity index (χ2n) is 3.66. The molecule has 0 unspecified atom stereocenters. The number of rotatable bonds is 7. The van der Waals surface area contributed by atoms with Crippen LogP contribution in [0.1, 0.15) is 18.2 Å².